The summed E-state index contributed by atoms with van der Waals surface area (Å²) >= 11 is 1.82. The first-order chi connectivity index (χ1) is 10.0. The Kier molecular flexibility index (Phi) is 3.57. The standard InChI is InChI=1S/C15H18N2O3S/c1-10-3-4-12-11(9-10)16-13(18)15(2,20-12)14(19)17-5-7-21-8-6-17/h3-4,9H,5-8H2,1-2H3,(H,16,18)/t15-/m0/s1. The molecule has 0 spiro atoms. The molecule has 112 valence electrons. The summed E-state index contributed by atoms with van der Waals surface area (Å²) in [5.74, 6) is 1.69. The van der Waals surface area contributed by atoms with E-state index in [1.165, 1.54) is 0 Å². The van der Waals surface area contributed by atoms with Gasteiger partial charge in [-0.15, -0.1) is 0 Å². The Labute approximate surface area is 128 Å². The quantitative estimate of drug-likeness (QED) is 0.802. The molecule has 0 saturated carbocycles. The van der Waals surface area contributed by atoms with Gasteiger partial charge in [0.25, 0.3) is 17.4 Å². The van der Waals surface area contributed by atoms with Crippen LogP contribution in [0.15, 0.2) is 18.2 Å². The molecule has 0 aromatic heterocycles. The van der Waals surface area contributed by atoms with Crippen LogP contribution in [0, 0.1) is 6.92 Å². The molecular formula is C15H18N2O3S. The highest BCUT2D eigenvalue weighted by Gasteiger charge is 2.49. The molecular weight excluding hydrogens is 288 g/mol. The minimum atomic E-state index is -1.48. The number of nitrogens with one attached hydrogen (secondary N) is 1. The van der Waals surface area contributed by atoms with E-state index >= 15 is 0 Å². The molecule has 2 amide bonds. The van der Waals surface area contributed by atoms with E-state index in [1.807, 2.05) is 30.8 Å². The van der Waals surface area contributed by atoms with Gasteiger partial charge >= 0.3 is 0 Å². The summed E-state index contributed by atoms with van der Waals surface area (Å²) in [6, 6.07) is 5.54. The maximum absolute atomic E-state index is 12.7. The fourth-order valence-corrected chi connectivity index (χ4v) is 3.45. The van der Waals surface area contributed by atoms with E-state index in [2.05, 4.69) is 5.32 Å². The van der Waals surface area contributed by atoms with E-state index in [0.717, 1.165) is 17.1 Å². The highest BCUT2D eigenvalue weighted by molar-refractivity contribution is 7.99. The Morgan fingerprint density at radius 2 is 2.10 bits per heavy atom. The minimum Gasteiger partial charge on any atom is -0.466 e. The van der Waals surface area contributed by atoms with Crippen LogP contribution in [0.25, 0.3) is 0 Å². The predicted molar refractivity (Wildman–Crippen MR) is 82.7 cm³/mol. The van der Waals surface area contributed by atoms with E-state index in [9.17, 15) is 9.59 Å². The molecule has 1 saturated heterocycles. The number of amides is 2. The molecule has 5 nitrogen and oxygen atoms in total. The third-order valence-corrected chi connectivity index (χ3v) is 4.78. The van der Waals surface area contributed by atoms with E-state index in [1.54, 1.807) is 17.9 Å². The number of hydrogen-bond acceptors (Lipinski definition) is 4. The second-order valence-corrected chi connectivity index (χ2v) is 6.72. The lowest BCUT2D eigenvalue weighted by Gasteiger charge is -2.38. The van der Waals surface area contributed by atoms with Crippen molar-refractivity contribution in [3.8, 4) is 5.75 Å². The number of nitrogens with zero attached hydrogens (tertiary/aromatic N) is 1. The summed E-state index contributed by atoms with van der Waals surface area (Å²) in [5.41, 5.74) is 0.171. The zero-order valence-corrected chi connectivity index (χ0v) is 13.0. The maximum Gasteiger partial charge on any atom is 0.278 e. The molecule has 1 fully saturated rings. The van der Waals surface area contributed by atoms with Crippen molar-refractivity contribution in [3.63, 3.8) is 0 Å². The molecule has 21 heavy (non-hydrogen) atoms. The van der Waals surface area contributed by atoms with Gasteiger partial charge in [0.2, 0.25) is 0 Å². The van der Waals surface area contributed by atoms with Crippen molar-refractivity contribution in [2.45, 2.75) is 19.4 Å². The molecule has 2 aliphatic heterocycles. The first kappa shape index (κ1) is 14.3. The summed E-state index contributed by atoms with van der Waals surface area (Å²) in [5, 5.41) is 2.79. The van der Waals surface area contributed by atoms with E-state index in [0.29, 0.717) is 24.5 Å². The van der Waals surface area contributed by atoms with Crippen molar-refractivity contribution in [1.82, 2.24) is 4.90 Å². The summed E-state index contributed by atoms with van der Waals surface area (Å²) in [4.78, 5) is 26.8. The Morgan fingerprint density at radius 3 is 2.81 bits per heavy atom. The van der Waals surface area contributed by atoms with Crippen LogP contribution in [0.3, 0.4) is 0 Å². The van der Waals surface area contributed by atoms with Gasteiger partial charge in [0.1, 0.15) is 5.75 Å². The molecule has 0 aliphatic carbocycles. The first-order valence-electron chi connectivity index (χ1n) is 6.99. The smallest absolute Gasteiger partial charge is 0.278 e. The van der Waals surface area contributed by atoms with E-state index in [4.69, 9.17) is 4.74 Å². The van der Waals surface area contributed by atoms with Crippen molar-refractivity contribution in [1.29, 1.82) is 0 Å². The number of aryl methyl sites for hydroxylation is 1. The highest BCUT2D eigenvalue weighted by atomic mass is 32.2. The number of thioether (sulfide) groups is 1. The molecule has 2 heterocycles. The van der Waals surface area contributed by atoms with E-state index < -0.39 is 11.5 Å². The van der Waals surface area contributed by atoms with Crippen LogP contribution < -0.4 is 10.1 Å². The normalized spacial score (nSPS) is 24.9. The summed E-state index contributed by atoms with van der Waals surface area (Å²) < 4.78 is 5.79. The van der Waals surface area contributed by atoms with Crippen LogP contribution in [-0.2, 0) is 9.59 Å². The summed E-state index contributed by atoms with van der Waals surface area (Å²) in [7, 11) is 0. The summed E-state index contributed by atoms with van der Waals surface area (Å²) in [6.07, 6.45) is 0. The van der Waals surface area contributed by atoms with Gasteiger partial charge < -0.3 is 15.0 Å². The number of rotatable bonds is 1. The van der Waals surface area contributed by atoms with Gasteiger partial charge in [-0.1, -0.05) is 6.07 Å². The number of anilines is 1. The van der Waals surface area contributed by atoms with E-state index in [-0.39, 0.29) is 5.91 Å². The lowest BCUT2D eigenvalue weighted by molar-refractivity contribution is -0.154. The van der Waals surface area contributed by atoms with Crippen molar-refractivity contribution >= 4 is 29.3 Å². The number of hydrogen-bond donors (Lipinski definition) is 1. The van der Waals surface area contributed by atoms with Gasteiger partial charge in [0, 0.05) is 24.6 Å². The molecule has 6 heteroatoms. The van der Waals surface area contributed by atoms with Gasteiger partial charge in [-0.3, -0.25) is 9.59 Å². The average molecular weight is 306 g/mol. The van der Waals surface area contributed by atoms with Crippen LogP contribution in [0.1, 0.15) is 12.5 Å². The number of ether oxygens (including phenoxy) is 1. The third kappa shape index (κ3) is 2.48. The fraction of sp³-hybridized carbons (Fsp3) is 0.467. The first-order valence-corrected chi connectivity index (χ1v) is 8.14. The highest BCUT2D eigenvalue weighted by Crippen LogP contribution is 2.35. The predicted octanol–water partition coefficient (Wildman–Crippen LogP) is 1.66. The van der Waals surface area contributed by atoms with Crippen LogP contribution in [-0.4, -0.2) is 46.9 Å². The molecule has 1 aromatic carbocycles. The van der Waals surface area contributed by atoms with Gasteiger partial charge in [-0.2, -0.15) is 11.8 Å². The molecule has 3 rings (SSSR count). The second kappa shape index (κ2) is 5.26. The lowest BCUT2D eigenvalue weighted by Crippen LogP contribution is -2.60. The molecule has 2 aliphatic rings. The van der Waals surface area contributed by atoms with Crippen molar-refractivity contribution in [2.24, 2.45) is 0 Å². The van der Waals surface area contributed by atoms with Gasteiger partial charge in [-0.05, 0) is 31.5 Å². The third-order valence-electron chi connectivity index (χ3n) is 3.84. The molecule has 1 atom stereocenters. The molecule has 0 bridgehead atoms. The maximum atomic E-state index is 12.7. The number of fused-ring (bicyclic) bond motifs is 1. The number of carbonyl (C=O) groups excluding carboxylic acids is 2. The van der Waals surface area contributed by atoms with Gasteiger partial charge in [0.15, 0.2) is 0 Å². The second-order valence-electron chi connectivity index (χ2n) is 5.49. The van der Waals surface area contributed by atoms with Gasteiger partial charge in [-0.25, -0.2) is 0 Å². The number of carbonyl (C=O) groups is 2. The minimum absolute atomic E-state index is 0.258. The van der Waals surface area contributed by atoms with Gasteiger partial charge in [0.05, 0.1) is 5.69 Å². The topological polar surface area (TPSA) is 58.6 Å². The van der Waals surface area contributed by atoms with Crippen LogP contribution >= 0.6 is 11.8 Å². The molecule has 0 unspecified atom stereocenters. The lowest BCUT2D eigenvalue weighted by atomic mass is 10.00. The average Bonchev–Trinajstić information content (AvgIpc) is 2.49. The zero-order valence-electron chi connectivity index (χ0n) is 12.1. The summed E-state index contributed by atoms with van der Waals surface area (Å²) in [6.45, 7) is 4.82. The Hall–Kier alpha value is -1.69. The largest absolute Gasteiger partial charge is 0.466 e. The Morgan fingerprint density at radius 1 is 1.38 bits per heavy atom. The monoisotopic (exact) mass is 306 g/mol. The van der Waals surface area contributed by atoms with Crippen LogP contribution in [0.4, 0.5) is 5.69 Å². The van der Waals surface area contributed by atoms with Crippen molar-refractivity contribution in [2.75, 3.05) is 29.9 Å². The Bertz CT molecular complexity index is 599. The number of benzene rings is 1. The Balaban J connectivity index is 1.88. The molecule has 1 N–H and O–H groups in total. The zero-order chi connectivity index (χ0) is 15.0. The SMILES string of the molecule is Cc1ccc2c(c1)NC(=O)[C@@](C)(C(=O)N1CCSCC1)O2. The molecule has 0 radical (unpaired) electrons. The van der Waals surface area contributed by atoms with Crippen LogP contribution in [0.5, 0.6) is 5.75 Å². The fourth-order valence-electron chi connectivity index (χ4n) is 2.55. The van der Waals surface area contributed by atoms with Crippen molar-refractivity contribution in [3.05, 3.63) is 23.8 Å². The molecule has 1 aromatic rings. The van der Waals surface area contributed by atoms with Crippen molar-refractivity contribution < 1.29 is 14.3 Å². The van der Waals surface area contributed by atoms with Crippen LogP contribution in [0.2, 0.25) is 0 Å².